The molecule has 0 aromatic carbocycles. The van der Waals surface area contributed by atoms with Crippen molar-refractivity contribution in [2.24, 2.45) is 5.92 Å². The van der Waals surface area contributed by atoms with E-state index in [9.17, 15) is 0 Å². The van der Waals surface area contributed by atoms with Gasteiger partial charge in [-0.3, -0.25) is 0 Å². The van der Waals surface area contributed by atoms with E-state index in [1.807, 2.05) is 6.92 Å². The summed E-state index contributed by atoms with van der Waals surface area (Å²) in [6, 6.07) is 0. The molecule has 5 nitrogen and oxygen atoms in total. The minimum atomic E-state index is -0.346. The van der Waals surface area contributed by atoms with Crippen LogP contribution in [0, 0.1) is 5.92 Å². The smallest absolute Gasteiger partial charge is 0.202 e. The molecule has 1 fully saturated rings. The van der Waals surface area contributed by atoms with E-state index in [2.05, 4.69) is 28.5 Å². The Bertz CT molecular complexity index is 383. The molecule has 0 radical (unpaired) electrons. The predicted molar refractivity (Wildman–Crippen MR) is 76.6 cm³/mol. The molecule has 1 aromatic rings. The summed E-state index contributed by atoms with van der Waals surface area (Å²) < 4.78 is 15.9. The molecule has 0 amide bonds. The standard InChI is InChI=1S/C13H23N3O2S/c1-4-18-13(5-7-17-8-6-13)11-15-12(19-16-11)14-9-10(2)3/h10H,4-9H2,1-3H3,(H,14,15,16). The molecular formula is C13H23N3O2S. The fraction of sp³-hybridized carbons (Fsp3) is 0.846. The first-order valence-electron chi connectivity index (χ1n) is 6.96. The lowest BCUT2D eigenvalue weighted by Gasteiger charge is -2.34. The first-order valence-corrected chi connectivity index (χ1v) is 7.73. The average Bonchev–Trinajstić information content (AvgIpc) is 2.87. The lowest BCUT2D eigenvalue weighted by atomic mass is 9.93. The molecule has 1 aromatic heterocycles. The Morgan fingerprint density at radius 2 is 2.16 bits per heavy atom. The molecule has 0 spiro atoms. The maximum atomic E-state index is 5.97. The van der Waals surface area contributed by atoms with Gasteiger partial charge in [-0.25, -0.2) is 4.98 Å². The van der Waals surface area contributed by atoms with Crippen molar-refractivity contribution in [3.63, 3.8) is 0 Å². The second-order valence-electron chi connectivity index (χ2n) is 5.24. The van der Waals surface area contributed by atoms with Crippen LogP contribution in [0.15, 0.2) is 0 Å². The molecular weight excluding hydrogens is 262 g/mol. The van der Waals surface area contributed by atoms with E-state index in [1.54, 1.807) is 0 Å². The van der Waals surface area contributed by atoms with Gasteiger partial charge in [-0.05, 0) is 12.8 Å². The molecule has 0 atom stereocenters. The van der Waals surface area contributed by atoms with Gasteiger partial charge in [0, 0.05) is 50.7 Å². The first kappa shape index (κ1) is 14.7. The van der Waals surface area contributed by atoms with Crippen LogP contribution in [-0.2, 0) is 15.1 Å². The van der Waals surface area contributed by atoms with Crippen LogP contribution in [-0.4, -0.2) is 35.7 Å². The number of nitrogens with one attached hydrogen (secondary N) is 1. The van der Waals surface area contributed by atoms with Crippen molar-refractivity contribution in [1.29, 1.82) is 0 Å². The molecule has 1 N–H and O–H groups in total. The number of rotatable bonds is 6. The van der Waals surface area contributed by atoms with Gasteiger partial charge in [0.25, 0.3) is 0 Å². The van der Waals surface area contributed by atoms with Crippen molar-refractivity contribution in [3.8, 4) is 0 Å². The third kappa shape index (κ3) is 3.64. The van der Waals surface area contributed by atoms with Gasteiger partial charge in [-0.1, -0.05) is 13.8 Å². The van der Waals surface area contributed by atoms with Gasteiger partial charge in [0.1, 0.15) is 5.60 Å². The zero-order valence-electron chi connectivity index (χ0n) is 11.9. The molecule has 0 unspecified atom stereocenters. The Labute approximate surface area is 118 Å². The molecule has 1 aliphatic rings. The highest BCUT2D eigenvalue weighted by Crippen LogP contribution is 2.35. The summed E-state index contributed by atoms with van der Waals surface area (Å²) in [5.74, 6) is 1.41. The topological polar surface area (TPSA) is 56.3 Å². The van der Waals surface area contributed by atoms with E-state index in [1.165, 1.54) is 11.5 Å². The van der Waals surface area contributed by atoms with Crippen molar-refractivity contribution in [2.75, 3.05) is 31.7 Å². The fourth-order valence-corrected chi connectivity index (χ4v) is 2.84. The lowest BCUT2D eigenvalue weighted by Crippen LogP contribution is -2.37. The van der Waals surface area contributed by atoms with Crippen LogP contribution in [0.5, 0.6) is 0 Å². The summed E-state index contributed by atoms with van der Waals surface area (Å²) in [7, 11) is 0. The van der Waals surface area contributed by atoms with Crippen molar-refractivity contribution in [2.45, 2.75) is 39.2 Å². The number of hydrogen-bond acceptors (Lipinski definition) is 6. The maximum absolute atomic E-state index is 5.97. The quantitative estimate of drug-likeness (QED) is 0.871. The zero-order chi connectivity index (χ0) is 13.7. The van der Waals surface area contributed by atoms with E-state index in [4.69, 9.17) is 9.47 Å². The minimum absolute atomic E-state index is 0.346. The summed E-state index contributed by atoms with van der Waals surface area (Å²) in [6.45, 7) is 9.39. The van der Waals surface area contributed by atoms with Crippen LogP contribution in [0.1, 0.15) is 39.4 Å². The highest BCUT2D eigenvalue weighted by molar-refractivity contribution is 7.09. The molecule has 0 bridgehead atoms. The van der Waals surface area contributed by atoms with Gasteiger partial charge < -0.3 is 14.8 Å². The van der Waals surface area contributed by atoms with Crippen LogP contribution in [0.2, 0.25) is 0 Å². The number of nitrogens with zero attached hydrogens (tertiary/aromatic N) is 2. The van der Waals surface area contributed by atoms with Crippen LogP contribution >= 0.6 is 11.5 Å². The van der Waals surface area contributed by atoms with Gasteiger partial charge in [-0.2, -0.15) is 4.37 Å². The summed E-state index contributed by atoms with van der Waals surface area (Å²) >= 11 is 1.42. The zero-order valence-corrected chi connectivity index (χ0v) is 12.8. The number of anilines is 1. The molecule has 1 saturated heterocycles. The normalized spacial score (nSPS) is 18.7. The molecule has 0 saturated carbocycles. The Morgan fingerprint density at radius 3 is 2.79 bits per heavy atom. The number of hydrogen-bond donors (Lipinski definition) is 1. The Morgan fingerprint density at radius 1 is 1.42 bits per heavy atom. The molecule has 2 heterocycles. The van der Waals surface area contributed by atoms with Crippen molar-refractivity contribution in [3.05, 3.63) is 5.82 Å². The SMILES string of the molecule is CCOC1(c2nsc(NCC(C)C)n2)CCOCC1. The van der Waals surface area contributed by atoms with Crippen LogP contribution in [0.25, 0.3) is 0 Å². The Kier molecular flexibility index (Phi) is 5.13. The highest BCUT2D eigenvalue weighted by atomic mass is 32.1. The van der Waals surface area contributed by atoms with E-state index in [-0.39, 0.29) is 5.60 Å². The molecule has 0 aliphatic carbocycles. The maximum Gasteiger partial charge on any atom is 0.202 e. The first-order chi connectivity index (χ1) is 9.16. The van der Waals surface area contributed by atoms with E-state index in [0.29, 0.717) is 25.7 Å². The number of aromatic nitrogens is 2. The Hall–Kier alpha value is -0.720. The average molecular weight is 285 g/mol. The monoisotopic (exact) mass is 285 g/mol. The van der Waals surface area contributed by atoms with Gasteiger partial charge >= 0.3 is 0 Å². The van der Waals surface area contributed by atoms with Crippen molar-refractivity contribution < 1.29 is 9.47 Å². The molecule has 2 rings (SSSR count). The van der Waals surface area contributed by atoms with Crippen molar-refractivity contribution >= 4 is 16.7 Å². The summed E-state index contributed by atoms with van der Waals surface area (Å²) in [4.78, 5) is 4.61. The predicted octanol–water partition coefficient (Wildman–Crippen LogP) is 2.65. The van der Waals surface area contributed by atoms with E-state index >= 15 is 0 Å². The Balaban J connectivity index is 2.09. The van der Waals surface area contributed by atoms with Crippen LogP contribution in [0.4, 0.5) is 5.13 Å². The highest BCUT2D eigenvalue weighted by Gasteiger charge is 2.39. The molecule has 19 heavy (non-hydrogen) atoms. The third-order valence-corrected chi connectivity index (χ3v) is 3.89. The number of ether oxygens (including phenoxy) is 2. The largest absolute Gasteiger partial charge is 0.381 e. The van der Waals surface area contributed by atoms with E-state index in [0.717, 1.165) is 30.3 Å². The fourth-order valence-electron chi connectivity index (χ4n) is 2.18. The molecule has 6 heteroatoms. The third-order valence-electron chi connectivity index (χ3n) is 3.22. The van der Waals surface area contributed by atoms with Crippen molar-refractivity contribution in [1.82, 2.24) is 9.36 Å². The minimum Gasteiger partial charge on any atom is -0.381 e. The summed E-state index contributed by atoms with van der Waals surface area (Å²) in [5.41, 5.74) is -0.346. The van der Waals surface area contributed by atoms with Crippen LogP contribution in [0.3, 0.4) is 0 Å². The second-order valence-corrected chi connectivity index (χ2v) is 5.99. The van der Waals surface area contributed by atoms with E-state index < -0.39 is 0 Å². The molecule has 1 aliphatic heterocycles. The van der Waals surface area contributed by atoms with Gasteiger partial charge in [0.15, 0.2) is 5.82 Å². The van der Waals surface area contributed by atoms with Gasteiger partial charge in [0.2, 0.25) is 5.13 Å². The van der Waals surface area contributed by atoms with Crippen LogP contribution < -0.4 is 5.32 Å². The second kappa shape index (κ2) is 6.63. The van der Waals surface area contributed by atoms with Gasteiger partial charge in [-0.15, -0.1) is 0 Å². The summed E-state index contributed by atoms with van der Waals surface area (Å²) in [6.07, 6.45) is 1.67. The van der Waals surface area contributed by atoms with Gasteiger partial charge in [0.05, 0.1) is 0 Å². The summed E-state index contributed by atoms with van der Waals surface area (Å²) in [5, 5.41) is 4.20. The lowest BCUT2D eigenvalue weighted by molar-refractivity contribution is -0.117. The molecule has 108 valence electrons.